The standard InChI is InChI=1S/C12H11ClN4OS/c1-19-12-15-11-14-10(18)6-9(17(11)16-12)7-2-4-8(13)5-3-7/h2-5,9H,6H2,1H3,(H,14,15,16,18). The topological polar surface area (TPSA) is 59.8 Å². The maximum Gasteiger partial charge on any atom is 0.229 e. The van der Waals surface area contributed by atoms with E-state index in [1.807, 2.05) is 30.5 Å². The van der Waals surface area contributed by atoms with E-state index in [0.29, 0.717) is 22.5 Å². The Morgan fingerprint density at radius 1 is 1.42 bits per heavy atom. The summed E-state index contributed by atoms with van der Waals surface area (Å²) in [6.07, 6.45) is 2.26. The number of amides is 1. The largest absolute Gasteiger partial charge is 0.295 e. The van der Waals surface area contributed by atoms with E-state index in [9.17, 15) is 4.79 Å². The number of benzene rings is 1. The Kier molecular flexibility index (Phi) is 3.20. The molecule has 0 saturated heterocycles. The maximum absolute atomic E-state index is 11.7. The molecule has 0 radical (unpaired) electrons. The third-order valence-corrected chi connectivity index (χ3v) is 3.76. The van der Waals surface area contributed by atoms with Crippen molar-refractivity contribution in [1.82, 2.24) is 14.8 Å². The Morgan fingerprint density at radius 3 is 2.84 bits per heavy atom. The summed E-state index contributed by atoms with van der Waals surface area (Å²) in [7, 11) is 0. The fourth-order valence-corrected chi connectivity index (χ4v) is 2.55. The molecule has 1 atom stereocenters. The lowest BCUT2D eigenvalue weighted by Crippen LogP contribution is -2.29. The number of aromatic nitrogens is 3. The van der Waals surface area contributed by atoms with Gasteiger partial charge in [0.05, 0.1) is 12.5 Å². The van der Waals surface area contributed by atoms with Crippen molar-refractivity contribution in [3.8, 4) is 0 Å². The molecule has 2 aromatic rings. The number of nitrogens with one attached hydrogen (secondary N) is 1. The summed E-state index contributed by atoms with van der Waals surface area (Å²) in [5.41, 5.74) is 0.998. The molecule has 1 amide bonds. The number of carbonyl (C=O) groups excluding carboxylic acids is 1. The Bertz CT molecular complexity index is 625. The molecular formula is C12H11ClN4OS. The lowest BCUT2D eigenvalue weighted by atomic mass is 10.0. The fraction of sp³-hybridized carbons (Fsp3) is 0.250. The van der Waals surface area contributed by atoms with Crippen LogP contribution < -0.4 is 5.32 Å². The number of thioether (sulfide) groups is 1. The summed E-state index contributed by atoms with van der Waals surface area (Å²) in [6.45, 7) is 0. The van der Waals surface area contributed by atoms with Crippen LogP contribution in [-0.2, 0) is 4.79 Å². The maximum atomic E-state index is 11.7. The van der Waals surface area contributed by atoms with Crippen LogP contribution in [0.1, 0.15) is 18.0 Å². The van der Waals surface area contributed by atoms with Crippen molar-refractivity contribution in [3.05, 3.63) is 34.9 Å². The summed E-state index contributed by atoms with van der Waals surface area (Å²) in [5.74, 6) is 0.452. The van der Waals surface area contributed by atoms with Gasteiger partial charge in [-0.3, -0.25) is 10.1 Å². The van der Waals surface area contributed by atoms with E-state index in [2.05, 4.69) is 15.4 Å². The molecule has 0 fully saturated rings. The minimum absolute atomic E-state index is 0.0486. The van der Waals surface area contributed by atoms with E-state index >= 15 is 0 Å². The second kappa shape index (κ2) is 4.86. The van der Waals surface area contributed by atoms with Gasteiger partial charge < -0.3 is 0 Å². The Labute approximate surface area is 119 Å². The first-order valence-electron chi connectivity index (χ1n) is 5.73. The van der Waals surface area contributed by atoms with Gasteiger partial charge in [-0.25, -0.2) is 4.68 Å². The van der Waals surface area contributed by atoms with Crippen LogP contribution in [0.4, 0.5) is 5.95 Å². The van der Waals surface area contributed by atoms with Crippen LogP contribution in [0.25, 0.3) is 0 Å². The van der Waals surface area contributed by atoms with Crippen molar-refractivity contribution >= 4 is 35.2 Å². The van der Waals surface area contributed by atoms with E-state index in [1.54, 1.807) is 4.68 Å². The Hall–Kier alpha value is -1.53. The van der Waals surface area contributed by atoms with Gasteiger partial charge in [0.25, 0.3) is 0 Å². The number of fused-ring (bicyclic) bond motifs is 1. The van der Waals surface area contributed by atoms with Crippen molar-refractivity contribution in [2.24, 2.45) is 0 Å². The van der Waals surface area contributed by atoms with Gasteiger partial charge >= 0.3 is 0 Å². The van der Waals surface area contributed by atoms with Crippen LogP contribution in [0.15, 0.2) is 29.4 Å². The summed E-state index contributed by atoms with van der Waals surface area (Å²) in [5, 5.41) is 8.46. The zero-order valence-electron chi connectivity index (χ0n) is 10.1. The second-order valence-corrected chi connectivity index (χ2v) is 5.40. The molecule has 0 spiro atoms. The van der Waals surface area contributed by atoms with E-state index in [4.69, 9.17) is 11.6 Å². The summed E-state index contributed by atoms with van der Waals surface area (Å²) >= 11 is 7.34. The number of carbonyl (C=O) groups is 1. The van der Waals surface area contributed by atoms with E-state index in [-0.39, 0.29) is 11.9 Å². The predicted octanol–water partition coefficient (Wildman–Crippen LogP) is 2.58. The molecule has 0 saturated carbocycles. The first-order valence-corrected chi connectivity index (χ1v) is 7.33. The highest BCUT2D eigenvalue weighted by Gasteiger charge is 2.28. The quantitative estimate of drug-likeness (QED) is 0.865. The van der Waals surface area contributed by atoms with E-state index in [1.165, 1.54) is 11.8 Å². The molecule has 1 unspecified atom stereocenters. The summed E-state index contributed by atoms with van der Waals surface area (Å²) in [6, 6.07) is 7.32. The average molecular weight is 295 g/mol. The molecular weight excluding hydrogens is 284 g/mol. The first kappa shape index (κ1) is 12.5. The zero-order chi connectivity index (χ0) is 13.4. The van der Waals surface area contributed by atoms with Crippen LogP contribution >= 0.6 is 23.4 Å². The van der Waals surface area contributed by atoms with E-state index < -0.39 is 0 Å². The number of nitrogens with zero attached hydrogens (tertiary/aromatic N) is 3. The minimum atomic E-state index is -0.130. The second-order valence-electron chi connectivity index (χ2n) is 4.19. The van der Waals surface area contributed by atoms with Gasteiger partial charge in [0.1, 0.15) is 0 Å². The number of halogens is 1. The smallest absolute Gasteiger partial charge is 0.229 e. The average Bonchev–Trinajstić information content (AvgIpc) is 2.81. The molecule has 1 aromatic carbocycles. The molecule has 0 aliphatic carbocycles. The molecule has 5 nitrogen and oxygen atoms in total. The van der Waals surface area contributed by atoms with Gasteiger partial charge in [0, 0.05) is 5.02 Å². The lowest BCUT2D eigenvalue weighted by molar-refractivity contribution is -0.117. The highest BCUT2D eigenvalue weighted by molar-refractivity contribution is 7.98. The molecule has 98 valence electrons. The molecule has 7 heteroatoms. The number of anilines is 1. The Morgan fingerprint density at radius 2 is 2.16 bits per heavy atom. The van der Waals surface area contributed by atoms with Gasteiger partial charge in [0.2, 0.25) is 17.0 Å². The number of hydrogen-bond donors (Lipinski definition) is 1. The minimum Gasteiger partial charge on any atom is -0.295 e. The van der Waals surface area contributed by atoms with Crippen LogP contribution in [-0.4, -0.2) is 26.9 Å². The normalized spacial score (nSPS) is 18.0. The summed E-state index contributed by atoms with van der Waals surface area (Å²) < 4.78 is 1.76. The molecule has 1 N–H and O–H groups in total. The molecule has 2 heterocycles. The first-order chi connectivity index (χ1) is 9.17. The summed E-state index contributed by atoms with van der Waals surface area (Å²) in [4.78, 5) is 16.0. The SMILES string of the molecule is CSc1nc2n(n1)C(c1ccc(Cl)cc1)CC(=O)N2. The molecule has 1 aliphatic rings. The van der Waals surface area contributed by atoms with Crippen molar-refractivity contribution in [2.45, 2.75) is 17.6 Å². The fourth-order valence-electron chi connectivity index (χ4n) is 2.07. The van der Waals surface area contributed by atoms with Crippen molar-refractivity contribution in [1.29, 1.82) is 0 Å². The van der Waals surface area contributed by atoms with Crippen molar-refractivity contribution in [2.75, 3.05) is 11.6 Å². The van der Waals surface area contributed by atoms with Crippen LogP contribution in [0.5, 0.6) is 0 Å². The van der Waals surface area contributed by atoms with Gasteiger partial charge in [-0.15, -0.1) is 5.10 Å². The highest BCUT2D eigenvalue weighted by atomic mass is 35.5. The van der Waals surface area contributed by atoms with Gasteiger partial charge in [-0.1, -0.05) is 35.5 Å². The molecule has 19 heavy (non-hydrogen) atoms. The number of hydrogen-bond acceptors (Lipinski definition) is 4. The highest BCUT2D eigenvalue weighted by Crippen LogP contribution is 2.30. The molecule has 3 rings (SSSR count). The van der Waals surface area contributed by atoms with Gasteiger partial charge in [-0.2, -0.15) is 4.98 Å². The van der Waals surface area contributed by atoms with Crippen LogP contribution in [0.3, 0.4) is 0 Å². The van der Waals surface area contributed by atoms with Crippen molar-refractivity contribution < 1.29 is 4.79 Å². The number of rotatable bonds is 2. The zero-order valence-corrected chi connectivity index (χ0v) is 11.7. The van der Waals surface area contributed by atoms with Gasteiger partial charge in [-0.05, 0) is 24.0 Å². The predicted molar refractivity (Wildman–Crippen MR) is 74.6 cm³/mol. The van der Waals surface area contributed by atoms with Crippen LogP contribution in [0.2, 0.25) is 5.02 Å². The van der Waals surface area contributed by atoms with Gasteiger partial charge in [0.15, 0.2) is 0 Å². The molecule has 1 aliphatic heterocycles. The monoisotopic (exact) mass is 294 g/mol. The van der Waals surface area contributed by atoms with Crippen molar-refractivity contribution in [3.63, 3.8) is 0 Å². The lowest BCUT2D eigenvalue weighted by Gasteiger charge is -2.23. The molecule has 1 aromatic heterocycles. The third kappa shape index (κ3) is 2.33. The Balaban J connectivity index is 2.05. The third-order valence-electron chi connectivity index (χ3n) is 2.97. The molecule has 0 bridgehead atoms. The van der Waals surface area contributed by atoms with Crippen LogP contribution in [0, 0.1) is 0 Å². The van der Waals surface area contributed by atoms with E-state index in [0.717, 1.165) is 5.56 Å².